The molecule has 0 N–H and O–H groups in total. The molecule has 2 nitrogen and oxygen atoms in total. The quantitative estimate of drug-likeness (QED) is 0.162. The molecular formula is C48H38N2Si. The Bertz CT molecular complexity index is 2380. The van der Waals surface area contributed by atoms with Gasteiger partial charge in [0, 0.05) is 33.5 Å². The summed E-state index contributed by atoms with van der Waals surface area (Å²) in [6.45, 7) is 4.99. The Hall–Kier alpha value is -6.16. The molecule has 244 valence electrons. The number of hydrogen-bond donors (Lipinski definition) is 0. The van der Waals surface area contributed by atoms with Gasteiger partial charge in [0.05, 0.1) is 11.4 Å². The fourth-order valence-electron chi connectivity index (χ4n) is 7.93. The van der Waals surface area contributed by atoms with Crippen LogP contribution < -0.4 is 20.2 Å². The third-order valence-electron chi connectivity index (χ3n) is 10.4. The molecule has 1 aliphatic rings. The van der Waals surface area contributed by atoms with Gasteiger partial charge in [-0.1, -0.05) is 147 Å². The first-order valence-corrected chi connectivity index (χ1v) is 20.7. The van der Waals surface area contributed by atoms with Crippen LogP contribution >= 0.6 is 0 Å². The van der Waals surface area contributed by atoms with Crippen molar-refractivity contribution in [2.45, 2.75) is 13.1 Å². The average Bonchev–Trinajstić information content (AvgIpc) is 3.29. The summed E-state index contributed by atoms with van der Waals surface area (Å²) in [5, 5.41) is 7.84. The summed E-state index contributed by atoms with van der Waals surface area (Å²) in [5.41, 5.74) is 9.53. The van der Waals surface area contributed by atoms with Gasteiger partial charge in [0.1, 0.15) is 8.07 Å². The number of hydrogen-bond acceptors (Lipinski definition) is 2. The second-order valence-electron chi connectivity index (χ2n) is 13.8. The van der Waals surface area contributed by atoms with E-state index in [1.807, 2.05) is 0 Å². The Morgan fingerprint density at radius 2 is 0.745 bits per heavy atom. The van der Waals surface area contributed by atoms with Gasteiger partial charge in [-0.15, -0.1) is 0 Å². The van der Waals surface area contributed by atoms with Crippen molar-refractivity contribution in [1.29, 1.82) is 0 Å². The molecule has 8 aromatic rings. The van der Waals surface area contributed by atoms with Crippen molar-refractivity contribution >= 4 is 86.3 Å². The van der Waals surface area contributed by atoms with Gasteiger partial charge in [0.15, 0.2) is 0 Å². The van der Waals surface area contributed by atoms with E-state index < -0.39 is 8.07 Å². The smallest absolute Gasteiger partial charge is 0.113 e. The lowest BCUT2D eigenvalue weighted by molar-refractivity contribution is 1.30. The minimum Gasteiger partial charge on any atom is -0.310 e. The van der Waals surface area contributed by atoms with Crippen LogP contribution in [0.15, 0.2) is 182 Å². The van der Waals surface area contributed by atoms with E-state index in [1.165, 1.54) is 54.4 Å². The van der Waals surface area contributed by atoms with Crippen LogP contribution in [0.4, 0.5) is 34.1 Å². The maximum atomic E-state index is 2.50. The summed E-state index contributed by atoms with van der Waals surface area (Å²) in [6, 6.07) is 66.3. The highest BCUT2D eigenvalue weighted by Gasteiger charge is 2.32. The highest BCUT2D eigenvalue weighted by Crippen LogP contribution is 2.41. The molecule has 0 unspecified atom stereocenters. The van der Waals surface area contributed by atoms with Crippen LogP contribution in [-0.2, 0) is 0 Å². The first-order chi connectivity index (χ1) is 25.1. The molecule has 8 aromatic carbocycles. The van der Waals surface area contributed by atoms with Crippen molar-refractivity contribution < 1.29 is 0 Å². The number of nitrogens with zero attached hydrogens (tertiary/aromatic N) is 2. The molecule has 9 rings (SSSR count). The van der Waals surface area contributed by atoms with Crippen molar-refractivity contribution in [1.82, 2.24) is 0 Å². The molecule has 0 aliphatic carbocycles. The molecule has 0 radical (unpaired) electrons. The Kier molecular flexibility index (Phi) is 7.64. The third-order valence-corrected chi connectivity index (χ3v) is 14.0. The SMILES string of the molecule is C[Si]1(C)c2ccc(N(c3ccccc3)c3cccc4ccccc34)cc2C=Cc2cc(N(c3ccccc3)c3cccc4ccccc34)ccc21. The van der Waals surface area contributed by atoms with Crippen molar-refractivity contribution in [3.05, 3.63) is 193 Å². The van der Waals surface area contributed by atoms with Crippen LogP contribution in [0.25, 0.3) is 33.7 Å². The number of para-hydroxylation sites is 2. The zero-order chi connectivity index (χ0) is 34.4. The largest absolute Gasteiger partial charge is 0.310 e. The molecule has 3 heteroatoms. The van der Waals surface area contributed by atoms with Crippen LogP contribution in [0.1, 0.15) is 11.1 Å². The maximum Gasteiger partial charge on any atom is 0.113 e. The zero-order valence-corrected chi connectivity index (χ0v) is 29.9. The van der Waals surface area contributed by atoms with Gasteiger partial charge >= 0.3 is 0 Å². The number of benzene rings is 8. The molecular weight excluding hydrogens is 633 g/mol. The highest BCUT2D eigenvalue weighted by molar-refractivity contribution is 7.01. The van der Waals surface area contributed by atoms with E-state index in [9.17, 15) is 0 Å². The Balaban J connectivity index is 1.18. The normalized spacial score (nSPS) is 13.0. The lowest BCUT2D eigenvalue weighted by Gasteiger charge is -2.31. The summed E-state index contributed by atoms with van der Waals surface area (Å²) >= 11 is 0. The molecule has 1 aliphatic heterocycles. The predicted molar refractivity (Wildman–Crippen MR) is 223 cm³/mol. The van der Waals surface area contributed by atoms with E-state index in [2.05, 4.69) is 217 Å². The minimum absolute atomic E-state index is 1.14. The van der Waals surface area contributed by atoms with Gasteiger partial charge in [-0.3, -0.25) is 0 Å². The molecule has 0 fully saturated rings. The van der Waals surface area contributed by atoms with Gasteiger partial charge in [-0.05, 0) is 92.9 Å². The number of anilines is 6. The van der Waals surface area contributed by atoms with Crippen LogP contribution in [0.3, 0.4) is 0 Å². The molecule has 0 aromatic heterocycles. The van der Waals surface area contributed by atoms with Gasteiger partial charge < -0.3 is 9.80 Å². The fourth-order valence-corrected chi connectivity index (χ4v) is 11.0. The number of rotatable bonds is 6. The second kappa shape index (κ2) is 12.6. The van der Waals surface area contributed by atoms with Crippen LogP contribution in [0.5, 0.6) is 0 Å². The summed E-state index contributed by atoms with van der Waals surface area (Å²) < 4.78 is 0. The van der Waals surface area contributed by atoms with E-state index >= 15 is 0 Å². The van der Waals surface area contributed by atoms with Crippen molar-refractivity contribution in [3.63, 3.8) is 0 Å². The third kappa shape index (κ3) is 5.43. The lowest BCUT2D eigenvalue weighted by atomic mass is 10.0. The Morgan fingerprint density at radius 3 is 1.20 bits per heavy atom. The Labute approximate surface area is 301 Å². The van der Waals surface area contributed by atoms with Crippen LogP contribution in [0, 0.1) is 0 Å². The first kappa shape index (κ1) is 30.9. The maximum absolute atomic E-state index is 2.50. The standard InChI is InChI=1S/C48H38N2Si/c1-51(2)47-31-29-41(49(39-19-5-3-6-20-39)45-25-13-17-35-15-9-11-23-43(35)45)33-37(47)27-28-38-34-42(30-32-48(38)51)50(40-21-7-4-8-22-40)46-26-14-18-36-16-10-12-24-44(36)46/h3-34H,1-2H3. The van der Waals surface area contributed by atoms with E-state index in [4.69, 9.17) is 0 Å². The molecule has 51 heavy (non-hydrogen) atoms. The van der Waals surface area contributed by atoms with Crippen molar-refractivity contribution in [2.24, 2.45) is 0 Å². The van der Waals surface area contributed by atoms with Gasteiger partial charge in [0.2, 0.25) is 0 Å². The summed E-state index contributed by atoms with van der Waals surface area (Å²) in [7, 11) is -2.10. The summed E-state index contributed by atoms with van der Waals surface area (Å²) in [4.78, 5) is 4.81. The van der Waals surface area contributed by atoms with E-state index in [1.54, 1.807) is 0 Å². The Morgan fingerprint density at radius 1 is 0.353 bits per heavy atom. The predicted octanol–water partition coefficient (Wildman–Crippen LogP) is 12.2. The average molecular weight is 671 g/mol. The highest BCUT2D eigenvalue weighted by atomic mass is 28.3. The molecule has 0 amide bonds. The summed E-state index contributed by atoms with van der Waals surface area (Å²) in [6.07, 6.45) is 4.69. The van der Waals surface area contributed by atoms with Crippen molar-refractivity contribution in [3.8, 4) is 0 Å². The van der Waals surface area contributed by atoms with Gasteiger partial charge in [0.25, 0.3) is 0 Å². The molecule has 0 atom stereocenters. The minimum atomic E-state index is -2.10. The first-order valence-electron chi connectivity index (χ1n) is 17.7. The number of fused-ring (bicyclic) bond motifs is 4. The molecule has 1 heterocycles. The van der Waals surface area contributed by atoms with Crippen molar-refractivity contribution in [2.75, 3.05) is 9.80 Å². The van der Waals surface area contributed by atoms with Crippen LogP contribution in [-0.4, -0.2) is 8.07 Å². The van der Waals surface area contributed by atoms with E-state index in [0.717, 1.165) is 22.7 Å². The lowest BCUT2D eigenvalue weighted by Crippen LogP contribution is -2.54. The molecule has 0 spiro atoms. The van der Waals surface area contributed by atoms with E-state index in [0.29, 0.717) is 0 Å². The van der Waals surface area contributed by atoms with Crippen LogP contribution in [0.2, 0.25) is 13.1 Å². The van der Waals surface area contributed by atoms with E-state index in [-0.39, 0.29) is 0 Å². The second-order valence-corrected chi connectivity index (χ2v) is 18.2. The molecule has 0 bridgehead atoms. The zero-order valence-electron chi connectivity index (χ0n) is 28.9. The topological polar surface area (TPSA) is 6.48 Å². The summed E-state index contributed by atoms with van der Waals surface area (Å²) in [5.74, 6) is 0. The van der Waals surface area contributed by atoms with Gasteiger partial charge in [-0.25, -0.2) is 0 Å². The van der Waals surface area contributed by atoms with Gasteiger partial charge in [-0.2, -0.15) is 0 Å². The monoisotopic (exact) mass is 670 g/mol. The molecule has 0 saturated carbocycles. The fraction of sp³-hybridized carbons (Fsp3) is 0.0417. The molecule has 0 saturated heterocycles.